The number of hydrogen-bond donors (Lipinski definition) is 1. The number of benzene rings is 2. The van der Waals surface area contributed by atoms with Crippen molar-refractivity contribution < 1.29 is 14.6 Å². The minimum Gasteiger partial charge on any atom is -0.497 e. The van der Waals surface area contributed by atoms with E-state index >= 15 is 0 Å². The summed E-state index contributed by atoms with van der Waals surface area (Å²) in [6, 6.07) is 15.5. The van der Waals surface area contributed by atoms with Gasteiger partial charge in [0.05, 0.1) is 25.4 Å². The number of aliphatic hydroxyl groups excluding tert-OH is 1. The van der Waals surface area contributed by atoms with Crippen molar-refractivity contribution in [3.8, 4) is 11.5 Å². The molecule has 4 nitrogen and oxygen atoms in total. The maximum Gasteiger partial charge on any atom is 0.142 e. The van der Waals surface area contributed by atoms with Gasteiger partial charge in [0.15, 0.2) is 0 Å². The molecule has 1 aliphatic rings. The summed E-state index contributed by atoms with van der Waals surface area (Å²) in [6.07, 6.45) is -0.525. The summed E-state index contributed by atoms with van der Waals surface area (Å²) in [5.41, 5.74) is 1.89. The highest BCUT2D eigenvalue weighted by Gasteiger charge is 2.21. The lowest BCUT2D eigenvalue weighted by atomic mass is 10.1. The lowest BCUT2D eigenvalue weighted by Crippen LogP contribution is -2.35. The number of β-amino-alcohol motifs (C(OH)–C–C–N with tert-alkyl or cyclic N) is 1. The fourth-order valence-corrected chi connectivity index (χ4v) is 2.56. The molecule has 1 unspecified atom stereocenters. The van der Waals surface area contributed by atoms with E-state index in [0.29, 0.717) is 13.2 Å². The molecule has 0 spiro atoms. The summed E-state index contributed by atoms with van der Waals surface area (Å²) in [5, 5.41) is 10.4. The molecule has 0 saturated heterocycles. The van der Waals surface area contributed by atoms with Crippen molar-refractivity contribution in [2.45, 2.75) is 6.10 Å². The van der Waals surface area contributed by atoms with Crippen LogP contribution in [0.2, 0.25) is 0 Å². The summed E-state index contributed by atoms with van der Waals surface area (Å²) in [4.78, 5) is 2.14. The van der Waals surface area contributed by atoms with Crippen LogP contribution in [0.15, 0.2) is 48.5 Å². The lowest BCUT2D eigenvalue weighted by molar-refractivity contribution is 0.179. The van der Waals surface area contributed by atoms with Crippen LogP contribution in [0.3, 0.4) is 0 Å². The molecule has 0 aromatic heterocycles. The van der Waals surface area contributed by atoms with Gasteiger partial charge in [-0.25, -0.2) is 0 Å². The largest absolute Gasteiger partial charge is 0.497 e. The Kier molecular flexibility index (Phi) is 3.97. The minimum atomic E-state index is -0.525. The van der Waals surface area contributed by atoms with Gasteiger partial charge in [-0.15, -0.1) is 0 Å². The third-order valence-electron chi connectivity index (χ3n) is 3.70. The average molecular weight is 285 g/mol. The van der Waals surface area contributed by atoms with Crippen molar-refractivity contribution in [3.05, 3.63) is 54.1 Å². The summed E-state index contributed by atoms with van der Waals surface area (Å²) in [5.74, 6) is 1.63. The van der Waals surface area contributed by atoms with Crippen molar-refractivity contribution in [2.75, 3.05) is 31.7 Å². The van der Waals surface area contributed by atoms with E-state index in [2.05, 4.69) is 4.90 Å². The van der Waals surface area contributed by atoms with Gasteiger partial charge in [0.1, 0.15) is 18.1 Å². The maximum absolute atomic E-state index is 10.4. The molecule has 110 valence electrons. The Hall–Kier alpha value is -2.20. The first-order chi connectivity index (χ1) is 10.3. The molecule has 0 radical (unpaired) electrons. The zero-order chi connectivity index (χ0) is 14.7. The average Bonchev–Trinajstić information content (AvgIpc) is 2.55. The molecule has 1 N–H and O–H groups in total. The van der Waals surface area contributed by atoms with E-state index in [9.17, 15) is 5.11 Å². The van der Waals surface area contributed by atoms with Gasteiger partial charge in [0.25, 0.3) is 0 Å². The van der Waals surface area contributed by atoms with Crippen molar-refractivity contribution in [1.29, 1.82) is 0 Å². The minimum absolute atomic E-state index is 0.525. The predicted molar refractivity (Wildman–Crippen MR) is 82.1 cm³/mol. The molecule has 3 rings (SSSR count). The normalized spacial score (nSPS) is 15.0. The molecule has 1 heterocycles. The van der Waals surface area contributed by atoms with E-state index < -0.39 is 6.10 Å². The second-order valence-electron chi connectivity index (χ2n) is 5.05. The zero-order valence-corrected chi connectivity index (χ0v) is 12.0. The van der Waals surface area contributed by atoms with Crippen LogP contribution in [0.25, 0.3) is 0 Å². The van der Waals surface area contributed by atoms with E-state index in [1.165, 1.54) is 0 Å². The molecule has 1 aliphatic heterocycles. The van der Waals surface area contributed by atoms with Crippen molar-refractivity contribution in [3.63, 3.8) is 0 Å². The number of methoxy groups -OCH3 is 1. The first-order valence-corrected chi connectivity index (χ1v) is 7.07. The smallest absolute Gasteiger partial charge is 0.142 e. The van der Waals surface area contributed by atoms with Gasteiger partial charge >= 0.3 is 0 Å². The van der Waals surface area contributed by atoms with Gasteiger partial charge in [0, 0.05) is 12.6 Å². The van der Waals surface area contributed by atoms with E-state index in [4.69, 9.17) is 9.47 Å². The van der Waals surface area contributed by atoms with Crippen molar-refractivity contribution in [2.24, 2.45) is 0 Å². The van der Waals surface area contributed by atoms with Crippen molar-refractivity contribution in [1.82, 2.24) is 0 Å². The van der Waals surface area contributed by atoms with Gasteiger partial charge in [-0.3, -0.25) is 0 Å². The van der Waals surface area contributed by atoms with E-state index in [1.54, 1.807) is 7.11 Å². The Morgan fingerprint density at radius 1 is 1.24 bits per heavy atom. The van der Waals surface area contributed by atoms with Crippen LogP contribution in [-0.4, -0.2) is 31.9 Å². The Bertz CT molecular complexity index is 600. The Balaban J connectivity index is 1.81. The molecule has 0 amide bonds. The highest BCUT2D eigenvalue weighted by Crippen LogP contribution is 2.35. The SMILES string of the molecule is COc1ccc2c(c1)N(CC(O)c1ccccc1)CCO2. The second kappa shape index (κ2) is 6.06. The Morgan fingerprint density at radius 3 is 2.81 bits per heavy atom. The molecule has 0 saturated carbocycles. The second-order valence-corrected chi connectivity index (χ2v) is 5.05. The standard InChI is InChI=1S/C17H19NO3/c1-20-14-7-8-17-15(11-14)18(9-10-21-17)12-16(19)13-5-3-2-4-6-13/h2-8,11,16,19H,9-10,12H2,1H3. The molecule has 4 heteroatoms. The van der Waals surface area contributed by atoms with Crippen LogP contribution in [-0.2, 0) is 0 Å². The number of anilines is 1. The Labute approximate surface area is 124 Å². The number of rotatable bonds is 4. The van der Waals surface area contributed by atoms with E-state index in [-0.39, 0.29) is 0 Å². The fraction of sp³-hybridized carbons (Fsp3) is 0.294. The van der Waals surface area contributed by atoms with Crippen molar-refractivity contribution >= 4 is 5.69 Å². The third kappa shape index (κ3) is 2.95. The molecular weight excluding hydrogens is 266 g/mol. The number of nitrogens with zero attached hydrogens (tertiary/aromatic N) is 1. The van der Waals surface area contributed by atoms with Gasteiger partial charge < -0.3 is 19.5 Å². The molecule has 2 aromatic carbocycles. The summed E-state index contributed by atoms with van der Waals surface area (Å²) >= 11 is 0. The molecule has 0 aliphatic carbocycles. The lowest BCUT2D eigenvalue weighted by Gasteiger charge is -2.33. The molecule has 2 aromatic rings. The van der Waals surface area contributed by atoms with Crippen LogP contribution in [0.5, 0.6) is 11.5 Å². The van der Waals surface area contributed by atoms with Gasteiger partial charge in [-0.2, -0.15) is 0 Å². The van der Waals surface area contributed by atoms with Crippen LogP contribution >= 0.6 is 0 Å². The maximum atomic E-state index is 10.4. The van der Waals surface area contributed by atoms with Crippen LogP contribution in [0, 0.1) is 0 Å². The van der Waals surface area contributed by atoms with Gasteiger partial charge in [-0.05, 0) is 17.7 Å². The van der Waals surface area contributed by atoms with Gasteiger partial charge in [0.2, 0.25) is 0 Å². The monoisotopic (exact) mass is 285 g/mol. The number of ether oxygens (including phenoxy) is 2. The summed E-state index contributed by atoms with van der Waals surface area (Å²) in [7, 11) is 1.65. The predicted octanol–water partition coefficient (Wildman–Crippen LogP) is 2.63. The molecule has 0 fully saturated rings. The van der Waals surface area contributed by atoms with Crippen LogP contribution in [0.1, 0.15) is 11.7 Å². The van der Waals surface area contributed by atoms with Gasteiger partial charge in [-0.1, -0.05) is 30.3 Å². The number of fused-ring (bicyclic) bond motifs is 1. The number of aliphatic hydroxyl groups is 1. The third-order valence-corrected chi connectivity index (χ3v) is 3.70. The topological polar surface area (TPSA) is 41.9 Å². The molecular formula is C17H19NO3. The molecule has 0 bridgehead atoms. The first-order valence-electron chi connectivity index (χ1n) is 7.07. The highest BCUT2D eigenvalue weighted by atomic mass is 16.5. The first kappa shape index (κ1) is 13.8. The Morgan fingerprint density at radius 2 is 2.05 bits per heavy atom. The summed E-state index contributed by atoms with van der Waals surface area (Å²) in [6.45, 7) is 1.92. The highest BCUT2D eigenvalue weighted by molar-refractivity contribution is 5.63. The summed E-state index contributed by atoms with van der Waals surface area (Å²) < 4.78 is 10.9. The van der Waals surface area contributed by atoms with Crippen LogP contribution < -0.4 is 14.4 Å². The fourth-order valence-electron chi connectivity index (χ4n) is 2.56. The number of hydrogen-bond acceptors (Lipinski definition) is 4. The van der Waals surface area contributed by atoms with Crippen LogP contribution in [0.4, 0.5) is 5.69 Å². The molecule has 21 heavy (non-hydrogen) atoms. The zero-order valence-electron chi connectivity index (χ0n) is 12.0. The van der Waals surface area contributed by atoms with E-state index in [0.717, 1.165) is 29.3 Å². The van der Waals surface area contributed by atoms with E-state index in [1.807, 2.05) is 48.5 Å². The molecule has 1 atom stereocenters. The quantitative estimate of drug-likeness (QED) is 0.937.